The highest BCUT2D eigenvalue weighted by Gasteiger charge is 2.06. The Bertz CT molecular complexity index is 730. The number of anilines is 1. The van der Waals surface area contributed by atoms with Crippen LogP contribution in [0.2, 0.25) is 5.02 Å². The Morgan fingerprint density at radius 2 is 1.85 bits per heavy atom. The smallest absolute Gasteiger partial charge is 0.256 e. The van der Waals surface area contributed by atoms with Crippen molar-refractivity contribution in [1.82, 2.24) is 4.98 Å². The van der Waals surface area contributed by atoms with Gasteiger partial charge >= 0.3 is 0 Å². The lowest BCUT2D eigenvalue weighted by atomic mass is 10.2. The predicted molar refractivity (Wildman–Crippen MR) is 85.0 cm³/mol. The van der Waals surface area contributed by atoms with Crippen LogP contribution in [0.4, 0.5) is 5.82 Å². The average molecular weight is 374 g/mol. The van der Waals surface area contributed by atoms with Gasteiger partial charge in [0.2, 0.25) is 0 Å². The molecule has 1 heterocycles. The number of hydrogen-bond donors (Lipinski definition) is 1. The molecule has 0 spiro atoms. The SMILES string of the molecule is O=S(=O)(/C=C/c1ccc(Cl)cc1)Nc1cccc(Br)n1. The molecule has 1 aromatic carbocycles. The normalized spacial score (nSPS) is 11.7. The van der Waals surface area contributed by atoms with Gasteiger partial charge < -0.3 is 0 Å². The third-order valence-electron chi connectivity index (χ3n) is 2.27. The molecule has 1 N–H and O–H groups in total. The quantitative estimate of drug-likeness (QED) is 0.827. The zero-order chi connectivity index (χ0) is 14.6. The number of hydrogen-bond acceptors (Lipinski definition) is 3. The third kappa shape index (κ3) is 4.63. The van der Waals surface area contributed by atoms with Crippen molar-refractivity contribution in [2.75, 3.05) is 4.72 Å². The van der Waals surface area contributed by atoms with Crippen LogP contribution in [0.3, 0.4) is 0 Å². The number of nitrogens with zero attached hydrogens (tertiary/aromatic N) is 1. The first-order valence-corrected chi connectivity index (χ1v) is 8.25. The topological polar surface area (TPSA) is 59.1 Å². The molecule has 0 bridgehead atoms. The van der Waals surface area contributed by atoms with Crippen LogP contribution in [0, 0.1) is 0 Å². The maximum Gasteiger partial charge on any atom is 0.256 e. The molecule has 0 aliphatic carbocycles. The second kappa shape index (κ2) is 6.39. The number of benzene rings is 1. The minimum atomic E-state index is -3.61. The van der Waals surface area contributed by atoms with E-state index in [0.717, 1.165) is 11.0 Å². The van der Waals surface area contributed by atoms with Crippen molar-refractivity contribution in [3.05, 3.63) is 63.1 Å². The molecule has 0 radical (unpaired) electrons. The maximum atomic E-state index is 11.9. The summed E-state index contributed by atoms with van der Waals surface area (Å²) >= 11 is 8.93. The summed E-state index contributed by atoms with van der Waals surface area (Å²) in [6.45, 7) is 0. The van der Waals surface area contributed by atoms with Crippen molar-refractivity contribution in [3.63, 3.8) is 0 Å². The molecule has 20 heavy (non-hydrogen) atoms. The molecule has 0 amide bonds. The van der Waals surface area contributed by atoms with Crippen molar-refractivity contribution in [1.29, 1.82) is 0 Å². The van der Waals surface area contributed by atoms with E-state index in [0.29, 0.717) is 9.63 Å². The Labute approximate surface area is 130 Å². The molecule has 104 valence electrons. The average Bonchev–Trinajstić information content (AvgIpc) is 2.37. The molecule has 0 aliphatic heterocycles. The highest BCUT2D eigenvalue weighted by molar-refractivity contribution is 9.10. The molecule has 4 nitrogen and oxygen atoms in total. The van der Waals surface area contributed by atoms with Crippen molar-refractivity contribution in [2.24, 2.45) is 0 Å². The van der Waals surface area contributed by atoms with E-state index in [4.69, 9.17) is 11.6 Å². The number of halogens is 2. The van der Waals surface area contributed by atoms with Crippen molar-refractivity contribution >= 4 is 49.4 Å². The minimum absolute atomic E-state index is 0.250. The second-order valence-electron chi connectivity index (χ2n) is 3.85. The van der Waals surface area contributed by atoms with Gasteiger partial charge in [-0.05, 0) is 51.8 Å². The van der Waals surface area contributed by atoms with Gasteiger partial charge in [0.15, 0.2) is 0 Å². The van der Waals surface area contributed by atoms with Crippen LogP contribution in [0.5, 0.6) is 0 Å². The second-order valence-corrected chi connectivity index (χ2v) is 6.66. The fourth-order valence-corrected chi connectivity index (χ4v) is 2.67. The lowest BCUT2D eigenvalue weighted by Crippen LogP contribution is -2.10. The Kier molecular flexibility index (Phi) is 4.80. The third-order valence-corrected chi connectivity index (χ3v) is 3.95. The molecule has 0 fully saturated rings. The molecule has 7 heteroatoms. The fourth-order valence-electron chi connectivity index (χ4n) is 1.39. The summed E-state index contributed by atoms with van der Waals surface area (Å²) in [5.74, 6) is 0.250. The van der Waals surface area contributed by atoms with Gasteiger partial charge in [0.25, 0.3) is 10.0 Å². The summed E-state index contributed by atoms with van der Waals surface area (Å²) in [6, 6.07) is 11.8. The van der Waals surface area contributed by atoms with Gasteiger partial charge in [-0.15, -0.1) is 0 Å². The first-order valence-electron chi connectivity index (χ1n) is 5.54. The number of aromatic nitrogens is 1. The zero-order valence-corrected chi connectivity index (χ0v) is 13.3. The lowest BCUT2D eigenvalue weighted by Gasteiger charge is -2.03. The van der Waals surface area contributed by atoms with Gasteiger partial charge in [-0.2, -0.15) is 0 Å². The van der Waals surface area contributed by atoms with E-state index in [1.807, 2.05) is 0 Å². The molecule has 0 saturated carbocycles. The Balaban J connectivity index is 2.13. The molecule has 1 aromatic heterocycles. The van der Waals surface area contributed by atoms with E-state index in [1.54, 1.807) is 42.5 Å². The van der Waals surface area contributed by atoms with E-state index in [2.05, 4.69) is 25.6 Å². The van der Waals surface area contributed by atoms with Gasteiger partial charge in [0.05, 0.1) is 5.41 Å². The van der Waals surface area contributed by atoms with E-state index in [1.165, 1.54) is 6.08 Å². The van der Waals surface area contributed by atoms with E-state index in [9.17, 15) is 8.42 Å². The highest BCUT2D eigenvalue weighted by Crippen LogP contribution is 2.14. The van der Waals surface area contributed by atoms with Gasteiger partial charge in [-0.25, -0.2) is 13.4 Å². The molecular weight excluding hydrogens is 364 g/mol. The Hall–Kier alpha value is -1.37. The molecule has 2 rings (SSSR count). The first kappa shape index (κ1) is 15.0. The standard InChI is InChI=1S/C13H10BrClN2O2S/c14-12-2-1-3-13(16-12)17-20(18,19)9-8-10-4-6-11(15)7-5-10/h1-9H,(H,16,17)/b9-8+. The summed E-state index contributed by atoms with van der Waals surface area (Å²) in [5, 5.41) is 1.68. The van der Waals surface area contributed by atoms with Crippen LogP contribution in [-0.2, 0) is 10.0 Å². The minimum Gasteiger partial charge on any atom is -0.264 e. The molecular formula is C13H10BrClN2O2S. The zero-order valence-electron chi connectivity index (χ0n) is 10.1. The highest BCUT2D eigenvalue weighted by atomic mass is 79.9. The summed E-state index contributed by atoms with van der Waals surface area (Å²) in [7, 11) is -3.61. The molecule has 0 unspecified atom stereocenters. The molecule has 0 aliphatic rings. The fraction of sp³-hybridized carbons (Fsp3) is 0. The maximum absolute atomic E-state index is 11.9. The lowest BCUT2D eigenvalue weighted by molar-refractivity contribution is 0.609. The van der Waals surface area contributed by atoms with Crippen LogP contribution in [0.15, 0.2) is 52.5 Å². The van der Waals surface area contributed by atoms with E-state index in [-0.39, 0.29) is 5.82 Å². The number of pyridine rings is 1. The Morgan fingerprint density at radius 3 is 2.50 bits per heavy atom. The summed E-state index contributed by atoms with van der Waals surface area (Å²) in [5.41, 5.74) is 0.738. The van der Waals surface area contributed by atoms with Crippen LogP contribution in [-0.4, -0.2) is 13.4 Å². The summed E-state index contributed by atoms with van der Waals surface area (Å²) in [6.07, 6.45) is 1.48. The Morgan fingerprint density at radius 1 is 1.15 bits per heavy atom. The van der Waals surface area contributed by atoms with Crippen molar-refractivity contribution in [2.45, 2.75) is 0 Å². The number of sulfonamides is 1. The first-order chi connectivity index (χ1) is 9.44. The number of nitrogens with one attached hydrogen (secondary N) is 1. The van der Waals surface area contributed by atoms with Crippen LogP contribution < -0.4 is 4.72 Å². The molecule has 0 saturated heterocycles. The van der Waals surface area contributed by atoms with E-state index >= 15 is 0 Å². The van der Waals surface area contributed by atoms with Gasteiger partial charge in [-0.1, -0.05) is 29.8 Å². The van der Waals surface area contributed by atoms with Crippen LogP contribution in [0.25, 0.3) is 6.08 Å². The van der Waals surface area contributed by atoms with E-state index < -0.39 is 10.0 Å². The molecule has 0 atom stereocenters. The largest absolute Gasteiger partial charge is 0.264 e. The predicted octanol–water partition coefficient (Wildman–Crippen LogP) is 3.91. The van der Waals surface area contributed by atoms with Gasteiger partial charge in [-0.3, -0.25) is 4.72 Å². The molecule has 2 aromatic rings. The van der Waals surface area contributed by atoms with Crippen molar-refractivity contribution in [3.8, 4) is 0 Å². The van der Waals surface area contributed by atoms with Crippen LogP contribution >= 0.6 is 27.5 Å². The van der Waals surface area contributed by atoms with Gasteiger partial charge in [0, 0.05) is 5.02 Å². The van der Waals surface area contributed by atoms with Gasteiger partial charge in [0.1, 0.15) is 10.4 Å². The van der Waals surface area contributed by atoms with Crippen molar-refractivity contribution < 1.29 is 8.42 Å². The summed E-state index contributed by atoms with van der Waals surface area (Å²) in [4.78, 5) is 4.00. The number of rotatable bonds is 4. The van der Waals surface area contributed by atoms with Crippen LogP contribution in [0.1, 0.15) is 5.56 Å². The monoisotopic (exact) mass is 372 g/mol. The summed E-state index contributed by atoms with van der Waals surface area (Å²) < 4.78 is 26.7.